The number of alkyl halides is 3. The van der Waals surface area contributed by atoms with E-state index in [1.807, 2.05) is 0 Å². The van der Waals surface area contributed by atoms with Crippen LogP contribution in [0.4, 0.5) is 13.2 Å². The highest BCUT2D eigenvalue weighted by Crippen LogP contribution is 2.30. The number of carbonyl (C=O) groups is 1. The van der Waals surface area contributed by atoms with E-state index in [2.05, 4.69) is 0 Å². The van der Waals surface area contributed by atoms with Crippen LogP contribution >= 0.6 is 11.6 Å². The summed E-state index contributed by atoms with van der Waals surface area (Å²) in [4.78, 5) is 10.9. The first-order valence-electron chi connectivity index (χ1n) is 4.19. The van der Waals surface area contributed by atoms with Crippen molar-refractivity contribution in [2.75, 3.05) is 0 Å². The minimum Gasteiger partial charge on any atom is -0.451 e. The highest BCUT2D eigenvalue weighted by molar-refractivity contribution is 6.34. The molecule has 2 nitrogen and oxygen atoms in total. The van der Waals surface area contributed by atoms with Crippen molar-refractivity contribution in [2.45, 2.75) is 6.18 Å². The number of ketones is 1. The predicted molar refractivity (Wildman–Crippen MR) is 51.6 cm³/mol. The van der Waals surface area contributed by atoms with E-state index < -0.39 is 17.7 Å². The Kier molecular flexibility index (Phi) is 2.42. The molecule has 0 atom stereocenters. The number of fused-ring (bicyclic) bond motifs is 1. The lowest BCUT2D eigenvalue weighted by Crippen LogP contribution is -2.21. The summed E-state index contributed by atoms with van der Waals surface area (Å²) < 4.78 is 41.1. The van der Waals surface area contributed by atoms with Gasteiger partial charge in [-0.15, -0.1) is 0 Å². The van der Waals surface area contributed by atoms with Gasteiger partial charge >= 0.3 is 12.0 Å². The topological polar surface area (TPSA) is 30.2 Å². The van der Waals surface area contributed by atoms with Crippen molar-refractivity contribution in [2.24, 2.45) is 0 Å². The van der Waals surface area contributed by atoms with Gasteiger partial charge in [-0.05, 0) is 12.1 Å². The van der Waals surface area contributed by atoms with Crippen LogP contribution < -0.4 is 0 Å². The molecule has 0 radical (unpaired) electrons. The molecular weight excluding hydrogens is 245 g/mol. The lowest BCUT2D eigenvalue weighted by atomic mass is 10.2. The van der Waals surface area contributed by atoms with Crippen molar-refractivity contribution < 1.29 is 22.4 Å². The summed E-state index contributed by atoms with van der Waals surface area (Å²) in [6.45, 7) is 0. The highest BCUT2D eigenvalue weighted by atomic mass is 35.5. The van der Waals surface area contributed by atoms with E-state index in [-0.39, 0.29) is 10.6 Å². The SMILES string of the molecule is O=C(c1cc2cccc(Cl)c2o1)C(F)(F)F. The summed E-state index contributed by atoms with van der Waals surface area (Å²) >= 11 is 5.70. The maximum atomic E-state index is 12.1. The number of rotatable bonds is 1. The standard InChI is InChI=1S/C10H4ClF3O2/c11-6-3-1-2-5-4-7(16-8(5)6)9(15)10(12,13)14/h1-4H. The molecule has 0 N–H and O–H groups in total. The fraction of sp³-hybridized carbons (Fsp3) is 0.100. The van der Waals surface area contributed by atoms with Crippen molar-refractivity contribution in [3.63, 3.8) is 0 Å². The van der Waals surface area contributed by atoms with E-state index in [0.29, 0.717) is 5.39 Å². The van der Waals surface area contributed by atoms with Gasteiger partial charge in [-0.2, -0.15) is 13.2 Å². The number of furan rings is 1. The van der Waals surface area contributed by atoms with Gasteiger partial charge in [0.1, 0.15) is 0 Å². The summed E-state index contributed by atoms with van der Waals surface area (Å²) in [5.41, 5.74) is 0.0803. The largest absolute Gasteiger partial charge is 0.458 e. The molecule has 84 valence electrons. The fourth-order valence-electron chi connectivity index (χ4n) is 1.28. The molecule has 0 spiro atoms. The Morgan fingerprint density at radius 1 is 1.31 bits per heavy atom. The molecule has 16 heavy (non-hydrogen) atoms. The Balaban J connectivity index is 2.56. The average Bonchev–Trinajstić information content (AvgIpc) is 2.60. The van der Waals surface area contributed by atoms with E-state index in [9.17, 15) is 18.0 Å². The second-order valence-corrected chi connectivity index (χ2v) is 3.50. The van der Waals surface area contributed by atoms with Gasteiger partial charge in [0.05, 0.1) is 5.02 Å². The highest BCUT2D eigenvalue weighted by Gasteiger charge is 2.41. The molecular formula is C10H4ClF3O2. The van der Waals surface area contributed by atoms with Crippen LogP contribution in [0.5, 0.6) is 0 Å². The number of Topliss-reactive ketones (excluding diaryl/α,β-unsaturated/α-hetero) is 1. The van der Waals surface area contributed by atoms with Gasteiger partial charge in [-0.25, -0.2) is 0 Å². The van der Waals surface area contributed by atoms with E-state index >= 15 is 0 Å². The molecule has 0 bridgehead atoms. The fourth-order valence-corrected chi connectivity index (χ4v) is 1.50. The minimum absolute atomic E-state index is 0.0803. The van der Waals surface area contributed by atoms with Crippen molar-refractivity contribution >= 4 is 28.4 Å². The van der Waals surface area contributed by atoms with E-state index in [4.69, 9.17) is 16.0 Å². The molecule has 2 aromatic rings. The van der Waals surface area contributed by atoms with Crippen LogP contribution in [0.1, 0.15) is 10.6 Å². The van der Waals surface area contributed by atoms with E-state index in [1.165, 1.54) is 12.1 Å². The molecule has 1 heterocycles. The van der Waals surface area contributed by atoms with Crippen LogP contribution in [0, 0.1) is 0 Å². The van der Waals surface area contributed by atoms with E-state index in [1.54, 1.807) is 6.07 Å². The van der Waals surface area contributed by atoms with Gasteiger partial charge in [0.15, 0.2) is 11.3 Å². The Bertz CT molecular complexity index is 557. The Morgan fingerprint density at radius 2 is 2.00 bits per heavy atom. The first-order chi connectivity index (χ1) is 7.39. The molecule has 0 aliphatic heterocycles. The summed E-state index contributed by atoms with van der Waals surface area (Å²) in [5.74, 6) is -2.77. The Morgan fingerprint density at radius 3 is 2.56 bits per heavy atom. The number of carbonyl (C=O) groups excluding carboxylic acids is 1. The zero-order chi connectivity index (χ0) is 11.9. The third-order valence-electron chi connectivity index (χ3n) is 1.98. The third kappa shape index (κ3) is 1.78. The molecule has 0 saturated heterocycles. The van der Waals surface area contributed by atoms with Crippen LogP contribution in [-0.2, 0) is 0 Å². The maximum Gasteiger partial charge on any atom is 0.458 e. The first-order valence-corrected chi connectivity index (χ1v) is 4.57. The van der Waals surface area contributed by atoms with Crippen LogP contribution in [0.3, 0.4) is 0 Å². The molecule has 0 amide bonds. The molecule has 0 fully saturated rings. The Labute approximate surface area is 92.6 Å². The Hall–Kier alpha value is -1.49. The summed E-state index contributed by atoms with van der Waals surface area (Å²) in [7, 11) is 0. The number of hydrogen-bond donors (Lipinski definition) is 0. The quantitative estimate of drug-likeness (QED) is 0.718. The van der Waals surface area contributed by atoms with Gasteiger partial charge < -0.3 is 4.42 Å². The predicted octanol–water partition coefficient (Wildman–Crippen LogP) is 3.83. The maximum absolute atomic E-state index is 12.1. The lowest BCUT2D eigenvalue weighted by molar-refractivity contribution is -0.0898. The zero-order valence-electron chi connectivity index (χ0n) is 7.64. The number of para-hydroxylation sites is 1. The molecule has 0 saturated carbocycles. The number of benzene rings is 1. The van der Waals surface area contributed by atoms with Crippen molar-refractivity contribution in [1.29, 1.82) is 0 Å². The van der Waals surface area contributed by atoms with Crippen LogP contribution in [0.2, 0.25) is 5.02 Å². The van der Waals surface area contributed by atoms with Crippen LogP contribution in [-0.4, -0.2) is 12.0 Å². The molecule has 0 unspecified atom stereocenters. The van der Waals surface area contributed by atoms with E-state index in [0.717, 1.165) is 6.07 Å². The molecule has 6 heteroatoms. The second-order valence-electron chi connectivity index (χ2n) is 3.10. The van der Waals surface area contributed by atoms with Crippen LogP contribution in [0.15, 0.2) is 28.7 Å². The minimum atomic E-state index is -4.94. The summed E-state index contributed by atoms with van der Waals surface area (Å²) in [6.07, 6.45) is -4.94. The van der Waals surface area contributed by atoms with Gasteiger partial charge in [-0.1, -0.05) is 23.7 Å². The van der Waals surface area contributed by atoms with Crippen molar-refractivity contribution in [3.05, 3.63) is 35.0 Å². The first kappa shape index (κ1) is 11.0. The summed E-state index contributed by atoms with van der Waals surface area (Å²) in [6, 6.07) is 5.56. The van der Waals surface area contributed by atoms with Crippen LogP contribution in [0.25, 0.3) is 11.0 Å². The van der Waals surface area contributed by atoms with Gasteiger partial charge in [-0.3, -0.25) is 4.79 Å². The molecule has 0 aliphatic rings. The smallest absolute Gasteiger partial charge is 0.451 e. The number of halogens is 4. The summed E-state index contributed by atoms with van der Waals surface area (Å²) in [5, 5.41) is 0.527. The third-order valence-corrected chi connectivity index (χ3v) is 2.27. The van der Waals surface area contributed by atoms with Crippen molar-refractivity contribution in [3.8, 4) is 0 Å². The molecule has 1 aromatic heterocycles. The molecule has 0 aliphatic carbocycles. The second kappa shape index (κ2) is 3.52. The van der Waals surface area contributed by atoms with Gasteiger partial charge in [0.25, 0.3) is 0 Å². The lowest BCUT2D eigenvalue weighted by Gasteiger charge is -2.00. The van der Waals surface area contributed by atoms with Gasteiger partial charge in [0, 0.05) is 5.39 Å². The monoisotopic (exact) mass is 248 g/mol. The number of hydrogen-bond acceptors (Lipinski definition) is 2. The molecule has 2 rings (SSSR count). The normalized spacial score (nSPS) is 12.0. The average molecular weight is 249 g/mol. The molecule has 1 aromatic carbocycles. The zero-order valence-corrected chi connectivity index (χ0v) is 8.39. The van der Waals surface area contributed by atoms with Gasteiger partial charge in [0.2, 0.25) is 0 Å². The van der Waals surface area contributed by atoms with Crippen molar-refractivity contribution in [1.82, 2.24) is 0 Å².